The lowest BCUT2D eigenvalue weighted by Gasteiger charge is -2.27. The Balaban J connectivity index is 2.42. The molecule has 1 saturated carbocycles. The third-order valence-electron chi connectivity index (χ3n) is 3.20. The van der Waals surface area contributed by atoms with E-state index in [-0.39, 0.29) is 5.60 Å². The van der Waals surface area contributed by atoms with Gasteiger partial charge in [-0.25, -0.2) is 0 Å². The zero-order valence-electron chi connectivity index (χ0n) is 8.68. The third-order valence-corrected chi connectivity index (χ3v) is 3.20. The van der Waals surface area contributed by atoms with Gasteiger partial charge in [0.05, 0.1) is 5.60 Å². The van der Waals surface area contributed by atoms with Gasteiger partial charge < -0.3 is 10.5 Å². The standard InChI is InChI=1S/C10H21NO/c1-9(2,12-4)7-10(3)5-8(10)6-11/h8H,5-7,11H2,1-4H3. The van der Waals surface area contributed by atoms with Gasteiger partial charge in [-0.1, -0.05) is 6.92 Å². The molecule has 2 heteroatoms. The molecule has 1 rings (SSSR count). The van der Waals surface area contributed by atoms with Crippen molar-refractivity contribution in [1.82, 2.24) is 0 Å². The number of nitrogens with two attached hydrogens (primary N) is 1. The van der Waals surface area contributed by atoms with Crippen molar-refractivity contribution in [2.45, 2.75) is 39.2 Å². The van der Waals surface area contributed by atoms with Crippen LogP contribution in [0.3, 0.4) is 0 Å². The predicted octanol–water partition coefficient (Wildman–Crippen LogP) is 1.79. The van der Waals surface area contributed by atoms with Crippen molar-refractivity contribution in [1.29, 1.82) is 0 Å². The second-order valence-corrected chi connectivity index (χ2v) is 4.93. The van der Waals surface area contributed by atoms with Gasteiger partial charge >= 0.3 is 0 Å². The average molecular weight is 171 g/mol. The topological polar surface area (TPSA) is 35.2 Å². The van der Waals surface area contributed by atoms with E-state index in [1.54, 1.807) is 7.11 Å². The first-order valence-corrected chi connectivity index (χ1v) is 4.69. The van der Waals surface area contributed by atoms with Crippen LogP contribution in [0, 0.1) is 11.3 Å². The van der Waals surface area contributed by atoms with Gasteiger partial charge in [-0.3, -0.25) is 0 Å². The first-order chi connectivity index (χ1) is 5.43. The van der Waals surface area contributed by atoms with Gasteiger partial charge in [0.15, 0.2) is 0 Å². The molecule has 1 aliphatic rings. The van der Waals surface area contributed by atoms with Crippen LogP contribution < -0.4 is 5.73 Å². The second kappa shape index (κ2) is 3.00. The predicted molar refractivity (Wildman–Crippen MR) is 51.0 cm³/mol. The minimum atomic E-state index is 0.0126. The smallest absolute Gasteiger partial charge is 0.0628 e. The van der Waals surface area contributed by atoms with E-state index >= 15 is 0 Å². The molecule has 0 heterocycles. The van der Waals surface area contributed by atoms with Crippen molar-refractivity contribution < 1.29 is 4.74 Å². The van der Waals surface area contributed by atoms with Crippen LogP contribution in [-0.2, 0) is 4.74 Å². The Bertz CT molecular complexity index is 167. The quantitative estimate of drug-likeness (QED) is 0.700. The van der Waals surface area contributed by atoms with Crippen LogP contribution in [0.1, 0.15) is 33.6 Å². The maximum atomic E-state index is 5.63. The van der Waals surface area contributed by atoms with E-state index in [0.29, 0.717) is 5.41 Å². The molecule has 0 aromatic carbocycles. The van der Waals surface area contributed by atoms with Crippen molar-refractivity contribution in [2.24, 2.45) is 17.1 Å². The van der Waals surface area contributed by atoms with E-state index in [0.717, 1.165) is 18.9 Å². The van der Waals surface area contributed by atoms with Gasteiger partial charge in [0.25, 0.3) is 0 Å². The highest BCUT2D eigenvalue weighted by molar-refractivity contribution is 5.02. The van der Waals surface area contributed by atoms with Crippen molar-refractivity contribution in [3.63, 3.8) is 0 Å². The number of ether oxygens (including phenoxy) is 1. The lowest BCUT2D eigenvalue weighted by atomic mass is 9.90. The maximum absolute atomic E-state index is 5.63. The minimum absolute atomic E-state index is 0.0126. The fourth-order valence-electron chi connectivity index (χ4n) is 2.13. The molecule has 1 aliphatic carbocycles. The van der Waals surface area contributed by atoms with Crippen molar-refractivity contribution in [2.75, 3.05) is 13.7 Å². The van der Waals surface area contributed by atoms with Gasteiger partial charge in [0.1, 0.15) is 0 Å². The molecule has 0 spiro atoms. The number of hydrogen-bond donors (Lipinski definition) is 1. The molecule has 2 nitrogen and oxygen atoms in total. The van der Waals surface area contributed by atoms with Gasteiger partial charge in [-0.15, -0.1) is 0 Å². The molecule has 2 N–H and O–H groups in total. The van der Waals surface area contributed by atoms with Gasteiger partial charge in [-0.2, -0.15) is 0 Å². The fraction of sp³-hybridized carbons (Fsp3) is 1.00. The van der Waals surface area contributed by atoms with Gasteiger partial charge in [0, 0.05) is 7.11 Å². The number of rotatable bonds is 4. The number of methoxy groups -OCH3 is 1. The highest BCUT2D eigenvalue weighted by atomic mass is 16.5. The first kappa shape index (κ1) is 10.0. The monoisotopic (exact) mass is 171 g/mol. The first-order valence-electron chi connectivity index (χ1n) is 4.69. The summed E-state index contributed by atoms with van der Waals surface area (Å²) < 4.78 is 5.41. The molecule has 0 aromatic rings. The molecule has 0 aromatic heterocycles. The van der Waals surface area contributed by atoms with Gasteiger partial charge in [-0.05, 0) is 44.6 Å². The molecule has 2 atom stereocenters. The summed E-state index contributed by atoms with van der Waals surface area (Å²) in [5, 5.41) is 0. The molecule has 0 amide bonds. The van der Waals surface area contributed by atoms with Crippen LogP contribution in [0.5, 0.6) is 0 Å². The lowest BCUT2D eigenvalue weighted by molar-refractivity contribution is -0.00154. The highest BCUT2D eigenvalue weighted by Gasteiger charge is 2.51. The Morgan fingerprint density at radius 2 is 2.17 bits per heavy atom. The Kier molecular flexibility index (Phi) is 2.50. The fourth-order valence-corrected chi connectivity index (χ4v) is 2.13. The van der Waals surface area contributed by atoms with E-state index < -0.39 is 0 Å². The molecule has 12 heavy (non-hydrogen) atoms. The summed E-state index contributed by atoms with van der Waals surface area (Å²) in [5.41, 5.74) is 6.09. The van der Waals surface area contributed by atoms with Crippen molar-refractivity contribution in [3.8, 4) is 0 Å². The molecule has 2 unspecified atom stereocenters. The second-order valence-electron chi connectivity index (χ2n) is 4.93. The Morgan fingerprint density at radius 1 is 1.58 bits per heavy atom. The van der Waals surface area contributed by atoms with E-state index in [9.17, 15) is 0 Å². The molecule has 0 radical (unpaired) electrons. The summed E-state index contributed by atoms with van der Waals surface area (Å²) in [7, 11) is 1.78. The summed E-state index contributed by atoms with van der Waals surface area (Å²) in [6.07, 6.45) is 2.40. The summed E-state index contributed by atoms with van der Waals surface area (Å²) in [4.78, 5) is 0. The van der Waals surface area contributed by atoms with Crippen LogP contribution in [0.25, 0.3) is 0 Å². The normalized spacial score (nSPS) is 35.2. The zero-order valence-corrected chi connectivity index (χ0v) is 8.68. The third kappa shape index (κ3) is 1.99. The Hall–Kier alpha value is -0.0800. The summed E-state index contributed by atoms with van der Waals surface area (Å²) in [6, 6.07) is 0. The van der Waals surface area contributed by atoms with E-state index in [4.69, 9.17) is 10.5 Å². The average Bonchev–Trinajstić information content (AvgIpc) is 2.60. The maximum Gasteiger partial charge on any atom is 0.0628 e. The van der Waals surface area contributed by atoms with Crippen LogP contribution in [-0.4, -0.2) is 19.3 Å². The van der Waals surface area contributed by atoms with E-state index in [2.05, 4.69) is 20.8 Å². The summed E-state index contributed by atoms with van der Waals surface area (Å²) >= 11 is 0. The molecular formula is C10H21NO. The molecule has 0 bridgehead atoms. The summed E-state index contributed by atoms with van der Waals surface area (Å²) in [5.74, 6) is 0.729. The number of hydrogen-bond acceptors (Lipinski definition) is 2. The zero-order chi connectivity index (χ0) is 9.41. The highest BCUT2D eigenvalue weighted by Crippen LogP contribution is 2.56. The molecule has 0 saturated heterocycles. The molecule has 72 valence electrons. The largest absolute Gasteiger partial charge is 0.379 e. The van der Waals surface area contributed by atoms with Crippen LogP contribution >= 0.6 is 0 Å². The minimum Gasteiger partial charge on any atom is -0.379 e. The van der Waals surface area contributed by atoms with Crippen LogP contribution in [0.15, 0.2) is 0 Å². The van der Waals surface area contributed by atoms with Crippen LogP contribution in [0.2, 0.25) is 0 Å². The van der Waals surface area contributed by atoms with Crippen molar-refractivity contribution >= 4 is 0 Å². The SMILES string of the molecule is COC(C)(C)CC1(C)CC1CN. The Morgan fingerprint density at radius 3 is 2.50 bits per heavy atom. The van der Waals surface area contributed by atoms with E-state index in [1.807, 2.05) is 0 Å². The molecule has 1 fully saturated rings. The van der Waals surface area contributed by atoms with E-state index in [1.165, 1.54) is 6.42 Å². The molecule has 0 aliphatic heterocycles. The van der Waals surface area contributed by atoms with Crippen LogP contribution in [0.4, 0.5) is 0 Å². The lowest BCUT2D eigenvalue weighted by Crippen LogP contribution is -2.27. The summed E-state index contributed by atoms with van der Waals surface area (Å²) in [6.45, 7) is 7.43. The van der Waals surface area contributed by atoms with Gasteiger partial charge in [0.2, 0.25) is 0 Å². The Labute approximate surface area is 75.5 Å². The van der Waals surface area contributed by atoms with Crippen molar-refractivity contribution in [3.05, 3.63) is 0 Å². The molecular weight excluding hydrogens is 150 g/mol.